The molecule has 0 spiro atoms. The first-order valence-corrected chi connectivity index (χ1v) is 5.15. The van der Waals surface area contributed by atoms with Gasteiger partial charge >= 0.3 is 5.85 Å². The van der Waals surface area contributed by atoms with Crippen molar-refractivity contribution in [3.05, 3.63) is 30.3 Å². The van der Waals surface area contributed by atoms with Gasteiger partial charge in [0.1, 0.15) is 5.75 Å². The molecule has 1 saturated carbocycles. The van der Waals surface area contributed by atoms with Gasteiger partial charge in [0.25, 0.3) is 5.13 Å². The van der Waals surface area contributed by atoms with E-state index in [2.05, 4.69) is 0 Å². The SMILES string of the molecule is F[C@]1(Cl)C(Cl)(Cl)[C@@]1(F)Oc1ccccc1. The molecule has 0 heterocycles. The van der Waals surface area contributed by atoms with Crippen LogP contribution in [0.2, 0.25) is 0 Å². The van der Waals surface area contributed by atoms with Crippen LogP contribution in [0.25, 0.3) is 0 Å². The quantitative estimate of drug-likeness (QED) is 0.744. The number of ether oxygens (including phenoxy) is 1. The topological polar surface area (TPSA) is 9.23 Å². The third-order valence-corrected chi connectivity index (χ3v) is 3.87. The Labute approximate surface area is 99.9 Å². The van der Waals surface area contributed by atoms with Crippen molar-refractivity contribution in [1.29, 1.82) is 0 Å². The highest BCUT2D eigenvalue weighted by Gasteiger charge is 2.95. The third kappa shape index (κ3) is 1.33. The molecule has 0 amide bonds. The number of halogens is 5. The largest absolute Gasteiger partial charge is 0.451 e. The van der Waals surface area contributed by atoms with E-state index in [0.29, 0.717) is 0 Å². The number of alkyl halides is 5. The number of para-hydroxylation sites is 1. The van der Waals surface area contributed by atoms with Gasteiger partial charge in [-0.1, -0.05) is 53.0 Å². The van der Waals surface area contributed by atoms with Gasteiger partial charge in [-0.05, 0) is 12.1 Å². The van der Waals surface area contributed by atoms with E-state index in [1.165, 1.54) is 12.1 Å². The Kier molecular flexibility index (Phi) is 2.34. The zero-order valence-electron chi connectivity index (χ0n) is 7.18. The van der Waals surface area contributed by atoms with Crippen LogP contribution in [0, 0.1) is 0 Å². The number of hydrogen-bond acceptors (Lipinski definition) is 1. The molecule has 15 heavy (non-hydrogen) atoms. The molecule has 1 aromatic carbocycles. The predicted octanol–water partition coefficient (Wildman–Crippen LogP) is 3.82. The Morgan fingerprint density at radius 1 is 1.00 bits per heavy atom. The van der Waals surface area contributed by atoms with Gasteiger partial charge in [0.15, 0.2) is 0 Å². The zero-order valence-corrected chi connectivity index (χ0v) is 9.45. The minimum absolute atomic E-state index is 0.103. The summed E-state index contributed by atoms with van der Waals surface area (Å²) in [6.45, 7) is 0. The molecule has 0 aliphatic heterocycles. The standard InChI is InChI=1S/C9H5Cl3F2O/c10-7(11)8(12,13)9(7,14)15-6-4-2-1-3-5-6/h1-5H/t8-,9-/m1/s1. The molecule has 1 nitrogen and oxygen atoms in total. The summed E-state index contributed by atoms with van der Waals surface area (Å²) in [7, 11) is 0. The van der Waals surface area contributed by atoms with E-state index in [4.69, 9.17) is 39.5 Å². The van der Waals surface area contributed by atoms with Crippen molar-refractivity contribution >= 4 is 34.8 Å². The van der Waals surface area contributed by atoms with Gasteiger partial charge in [-0.2, -0.15) is 4.39 Å². The zero-order chi connectivity index (χ0) is 11.3. The molecule has 0 saturated heterocycles. The first-order chi connectivity index (χ1) is 6.83. The average Bonchev–Trinajstić information content (AvgIpc) is 2.46. The van der Waals surface area contributed by atoms with Gasteiger partial charge in [-0.3, -0.25) is 0 Å². The first kappa shape index (κ1) is 11.2. The lowest BCUT2D eigenvalue weighted by atomic mass is 10.3. The summed E-state index contributed by atoms with van der Waals surface area (Å²) >= 11 is 15.9. The molecule has 1 aliphatic rings. The van der Waals surface area contributed by atoms with E-state index in [0.717, 1.165) is 0 Å². The lowest BCUT2D eigenvalue weighted by Crippen LogP contribution is -2.21. The van der Waals surface area contributed by atoms with Gasteiger partial charge in [0.2, 0.25) is 4.33 Å². The van der Waals surface area contributed by atoms with E-state index < -0.39 is 15.3 Å². The maximum atomic E-state index is 13.7. The minimum Gasteiger partial charge on any atom is -0.451 e. The van der Waals surface area contributed by atoms with E-state index in [9.17, 15) is 8.78 Å². The second-order valence-electron chi connectivity index (χ2n) is 3.16. The fraction of sp³-hybridized carbons (Fsp3) is 0.333. The molecule has 2 atom stereocenters. The first-order valence-electron chi connectivity index (χ1n) is 4.01. The lowest BCUT2D eigenvalue weighted by Gasteiger charge is -2.10. The molecule has 1 aromatic rings. The average molecular weight is 273 g/mol. The molecule has 0 radical (unpaired) electrons. The molecule has 6 heteroatoms. The second-order valence-corrected chi connectivity index (χ2v) is 5.01. The smallest absolute Gasteiger partial charge is 0.337 e. The van der Waals surface area contributed by atoms with Crippen molar-refractivity contribution < 1.29 is 13.5 Å². The van der Waals surface area contributed by atoms with Crippen LogP contribution in [0.3, 0.4) is 0 Å². The summed E-state index contributed by atoms with van der Waals surface area (Å²) in [6.07, 6.45) is 0. The van der Waals surface area contributed by atoms with Crippen molar-refractivity contribution in [3.63, 3.8) is 0 Å². The number of hydrogen-bond donors (Lipinski definition) is 0. The van der Waals surface area contributed by atoms with Gasteiger partial charge in [0.05, 0.1) is 0 Å². The van der Waals surface area contributed by atoms with Crippen LogP contribution in [-0.4, -0.2) is 15.3 Å². The monoisotopic (exact) mass is 272 g/mol. The van der Waals surface area contributed by atoms with Gasteiger partial charge in [-0.25, -0.2) is 4.39 Å². The van der Waals surface area contributed by atoms with Crippen molar-refractivity contribution in [2.45, 2.75) is 15.3 Å². The summed E-state index contributed by atoms with van der Waals surface area (Å²) in [6, 6.07) is 7.77. The van der Waals surface area contributed by atoms with Crippen molar-refractivity contribution in [2.75, 3.05) is 0 Å². The molecule has 0 aromatic heterocycles. The van der Waals surface area contributed by atoms with Gasteiger partial charge in [0, 0.05) is 0 Å². The molecule has 1 fully saturated rings. The molecule has 2 rings (SSSR count). The number of rotatable bonds is 2. The summed E-state index contributed by atoms with van der Waals surface area (Å²) in [5, 5.41) is -2.93. The van der Waals surface area contributed by atoms with Crippen LogP contribution in [0.1, 0.15) is 0 Å². The third-order valence-electron chi connectivity index (χ3n) is 2.14. The highest BCUT2D eigenvalue weighted by atomic mass is 35.5. The highest BCUT2D eigenvalue weighted by Crippen LogP contribution is 2.72. The Balaban J connectivity index is 2.22. The molecular weight excluding hydrogens is 268 g/mol. The molecule has 0 unspecified atom stereocenters. The van der Waals surface area contributed by atoms with Crippen molar-refractivity contribution in [1.82, 2.24) is 0 Å². The summed E-state index contributed by atoms with van der Waals surface area (Å²) in [5.74, 6) is -2.82. The highest BCUT2D eigenvalue weighted by molar-refractivity contribution is 6.59. The maximum Gasteiger partial charge on any atom is 0.337 e. The second kappa shape index (κ2) is 3.12. The van der Waals surface area contributed by atoms with Crippen molar-refractivity contribution in [3.8, 4) is 5.75 Å². The van der Waals surface area contributed by atoms with Crippen molar-refractivity contribution in [2.24, 2.45) is 0 Å². The Morgan fingerprint density at radius 3 is 1.87 bits per heavy atom. The molecule has 0 N–H and O–H groups in total. The van der Waals surface area contributed by atoms with E-state index in [-0.39, 0.29) is 5.75 Å². The number of benzene rings is 1. The molecule has 82 valence electrons. The molecule has 1 aliphatic carbocycles. The molecular formula is C9H5Cl3F2O. The lowest BCUT2D eigenvalue weighted by molar-refractivity contribution is 0.00476. The Morgan fingerprint density at radius 2 is 1.47 bits per heavy atom. The predicted molar refractivity (Wildman–Crippen MR) is 55.0 cm³/mol. The van der Waals surface area contributed by atoms with Gasteiger partial charge < -0.3 is 4.74 Å². The van der Waals surface area contributed by atoms with Crippen LogP contribution in [0.4, 0.5) is 8.78 Å². The fourth-order valence-corrected chi connectivity index (χ4v) is 1.98. The van der Waals surface area contributed by atoms with Crippen LogP contribution < -0.4 is 4.74 Å². The van der Waals surface area contributed by atoms with Crippen LogP contribution in [-0.2, 0) is 0 Å². The van der Waals surface area contributed by atoms with Crippen LogP contribution in [0.5, 0.6) is 5.75 Å². The fourth-order valence-electron chi connectivity index (χ4n) is 1.14. The summed E-state index contributed by atoms with van der Waals surface area (Å²) in [4.78, 5) is 0. The maximum absolute atomic E-state index is 13.7. The van der Waals surface area contributed by atoms with Crippen LogP contribution in [0.15, 0.2) is 30.3 Å². The summed E-state index contributed by atoms with van der Waals surface area (Å²) in [5.41, 5.74) is 0. The normalized spacial score (nSPS) is 37.4. The van der Waals surface area contributed by atoms with E-state index in [1.807, 2.05) is 0 Å². The Hall–Kier alpha value is -0.250. The van der Waals surface area contributed by atoms with Crippen LogP contribution >= 0.6 is 34.8 Å². The molecule has 0 bridgehead atoms. The van der Waals surface area contributed by atoms with Gasteiger partial charge in [-0.15, -0.1) is 0 Å². The van der Waals surface area contributed by atoms with E-state index in [1.54, 1.807) is 18.2 Å². The minimum atomic E-state index is -2.93. The Bertz CT molecular complexity index is 366. The summed E-state index contributed by atoms with van der Waals surface area (Å²) < 4.78 is 29.4. The van der Waals surface area contributed by atoms with E-state index >= 15 is 0 Å².